The van der Waals surface area contributed by atoms with Crippen molar-refractivity contribution in [2.24, 2.45) is 0 Å². The molecule has 1 aromatic rings. The molecule has 0 bridgehead atoms. The van der Waals surface area contributed by atoms with Crippen molar-refractivity contribution in [3.63, 3.8) is 0 Å². The van der Waals surface area contributed by atoms with Crippen molar-refractivity contribution in [2.75, 3.05) is 13.1 Å². The van der Waals surface area contributed by atoms with Crippen LogP contribution in [-0.2, 0) is 6.42 Å². The number of piperidine rings is 1. The van der Waals surface area contributed by atoms with E-state index in [-0.39, 0.29) is 5.82 Å². The van der Waals surface area contributed by atoms with Crippen LogP contribution in [0, 0.1) is 5.82 Å². The van der Waals surface area contributed by atoms with Crippen LogP contribution in [0.1, 0.15) is 31.2 Å². The monoisotopic (exact) mass is 283 g/mol. The van der Waals surface area contributed by atoms with Crippen molar-refractivity contribution in [1.29, 1.82) is 0 Å². The molecule has 0 aromatic heterocycles. The third-order valence-electron chi connectivity index (χ3n) is 4.55. The maximum Gasteiger partial charge on any atom is 0.127 e. The maximum atomic E-state index is 13.8. The van der Waals surface area contributed by atoms with Crippen LogP contribution < -0.4 is 0 Å². The Hall–Kier alpha value is -0.640. The number of hydrogen-bond donors (Lipinski definition) is 1. The smallest absolute Gasteiger partial charge is 0.127 e. The van der Waals surface area contributed by atoms with E-state index in [1.807, 2.05) is 0 Å². The molecule has 2 aliphatic rings. The highest BCUT2D eigenvalue weighted by molar-refractivity contribution is 6.31. The lowest BCUT2D eigenvalue weighted by Gasteiger charge is -2.41. The standard InChI is InChI=1S/C15H19ClFNO/c16-13-4-1-5-14(17)12(13)10-15(19)6-8-18-7-2-3-11(18)9-15/h1,4-5,11,19H,2-3,6-10H2. The second-order valence-corrected chi connectivity index (χ2v) is 6.29. The molecule has 104 valence electrons. The van der Waals surface area contributed by atoms with Gasteiger partial charge in [-0.2, -0.15) is 0 Å². The van der Waals surface area contributed by atoms with E-state index in [9.17, 15) is 9.50 Å². The minimum Gasteiger partial charge on any atom is -0.389 e. The SMILES string of the molecule is OC1(Cc2c(F)cccc2Cl)CCN2CCCC2C1. The normalized spacial score (nSPS) is 31.4. The molecule has 1 aromatic carbocycles. The molecule has 2 saturated heterocycles. The maximum absolute atomic E-state index is 13.8. The number of fused-ring (bicyclic) bond motifs is 1. The van der Waals surface area contributed by atoms with Crippen LogP contribution in [0.3, 0.4) is 0 Å². The number of benzene rings is 1. The van der Waals surface area contributed by atoms with Gasteiger partial charge in [-0.1, -0.05) is 17.7 Å². The van der Waals surface area contributed by atoms with Crippen LogP contribution in [0.15, 0.2) is 18.2 Å². The number of hydrogen-bond acceptors (Lipinski definition) is 2. The summed E-state index contributed by atoms with van der Waals surface area (Å²) in [6, 6.07) is 5.16. The van der Waals surface area contributed by atoms with Crippen LogP contribution in [0.4, 0.5) is 4.39 Å². The summed E-state index contributed by atoms with van der Waals surface area (Å²) >= 11 is 6.06. The number of halogens is 2. The summed E-state index contributed by atoms with van der Waals surface area (Å²) in [6.45, 7) is 2.05. The van der Waals surface area contributed by atoms with Crippen molar-refractivity contribution < 1.29 is 9.50 Å². The molecule has 0 radical (unpaired) electrons. The van der Waals surface area contributed by atoms with Crippen LogP contribution in [-0.4, -0.2) is 34.7 Å². The Kier molecular flexibility index (Phi) is 3.54. The van der Waals surface area contributed by atoms with Crippen LogP contribution in [0.5, 0.6) is 0 Å². The number of rotatable bonds is 2. The Morgan fingerprint density at radius 1 is 1.42 bits per heavy atom. The Morgan fingerprint density at radius 3 is 3.05 bits per heavy atom. The average Bonchev–Trinajstić information content (AvgIpc) is 2.81. The summed E-state index contributed by atoms with van der Waals surface area (Å²) < 4.78 is 13.8. The van der Waals surface area contributed by atoms with E-state index in [0.29, 0.717) is 29.5 Å². The quantitative estimate of drug-likeness (QED) is 0.902. The topological polar surface area (TPSA) is 23.5 Å². The summed E-state index contributed by atoms with van der Waals surface area (Å²) in [7, 11) is 0. The largest absolute Gasteiger partial charge is 0.389 e. The number of nitrogens with zero attached hydrogens (tertiary/aromatic N) is 1. The van der Waals surface area contributed by atoms with Gasteiger partial charge in [-0.3, -0.25) is 0 Å². The molecule has 2 nitrogen and oxygen atoms in total. The third-order valence-corrected chi connectivity index (χ3v) is 4.90. The van der Waals surface area contributed by atoms with E-state index in [4.69, 9.17) is 11.6 Å². The molecule has 0 spiro atoms. The first kappa shape index (κ1) is 13.3. The Labute approximate surface area is 118 Å². The minimum atomic E-state index is -0.808. The van der Waals surface area contributed by atoms with Gasteiger partial charge in [-0.05, 0) is 44.4 Å². The fourth-order valence-electron chi connectivity index (χ4n) is 3.50. The number of aliphatic hydroxyl groups is 1. The van der Waals surface area contributed by atoms with Gasteiger partial charge in [-0.15, -0.1) is 0 Å². The fraction of sp³-hybridized carbons (Fsp3) is 0.600. The highest BCUT2D eigenvalue weighted by atomic mass is 35.5. The first-order chi connectivity index (χ1) is 9.07. The zero-order valence-corrected chi connectivity index (χ0v) is 11.7. The predicted molar refractivity (Wildman–Crippen MR) is 73.9 cm³/mol. The first-order valence-corrected chi connectivity index (χ1v) is 7.34. The van der Waals surface area contributed by atoms with Gasteiger partial charge in [0.25, 0.3) is 0 Å². The van der Waals surface area contributed by atoms with Gasteiger partial charge >= 0.3 is 0 Å². The summed E-state index contributed by atoms with van der Waals surface area (Å²) in [5.41, 5.74) is -0.352. The second-order valence-electron chi connectivity index (χ2n) is 5.89. The van der Waals surface area contributed by atoms with Gasteiger partial charge in [0.15, 0.2) is 0 Å². The lowest BCUT2D eigenvalue weighted by molar-refractivity contribution is -0.0358. The molecule has 0 amide bonds. The molecule has 2 aliphatic heterocycles. The molecule has 2 heterocycles. The molecule has 2 unspecified atom stereocenters. The fourth-order valence-corrected chi connectivity index (χ4v) is 3.73. The van der Waals surface area contributed by atoms with E-state index in [0.717, 1.165) is 25.9 Å². The van der Waals surface area contributed by atoms with Crippen molar-refractivity contribution in [3.05, 3.63) is 34.6 Å². The van der Waals surface area contributed by atoms with E-state index >= 15 is 0 Å². The van der Waals surface area contributed by atoms with Crippen LogP contribution in [0.25, 0.3) is 0 Å². The Balaban J connectivity index is 1.78. The van der Waals surface area contributed by atoms with Gasteiger partial charge in [0.05, 0.1) is 5.60 Å². The molecular weight excluding hydrogens is 265 g/mol. The molecule has 3 rings (SSSR count). The van der Waals surface area contributed by atoms with Crippen molar-refractivity contribution in [3.8, 4) is 0 Å². The molecular formula is C15H19ClFNO. The lowest BCUT2D eigenvalue weighted by Crippen LogP contribution is -2.48. The molecule has 4 heteroatoms. The Morgan fingerprint density at radius 2 is 2.26 bits per heavy atom. The van der Waals surface area contributed by atoms with E-state index < -0.39 is 5.60 Å². The average molecular weight is 284 g/mol. The van der Waals surface area contributed by atoms with E-state index in [1.165, 1.54) is 12.5 Å². The summed E-state index contributed by atoms with van der Waals surface area (Å²) in [5, 5.41) is 11.2. The minimum absolute atomic E-state index is 0.310. The van der Waals surface area contributed by atoms with Gasteiger partial charge in [-0.25, -0.2) is 4.39 Å². The molecule has 0 aliphatic carbocycles. The zero-order chi connectivity index (χ0) is 13.5. The second kappa shape index (κ2) is 5.04. The highest BCUT2D eigenvalue weighted by Gasteiger charge is 2.40. The summed E-state index contributed by atoms with van der Waals surface area (Å²) in [4.78, 5) is 2.44. The van der Waals surface area contributed by atoms with Crippen LogP contribution >= 0.6 is 11.6 Å². The molecule has 2 atom stereocenters. The van der Waals surface area contributed by atoms with Gasteiger partial charge < -0.3 is 10.0 Å². The first-order valence-electron chi connectivity index (χ1n) is 6.97. The van der Waals surface area contributed by atoms with Crippen molar-refractivity contribution in [1.82, 2.24) is 4.90 Å². The van der Waals surface area contributed by atoms with Crippen molar-refractivity contribution >= 4 is 11.6 Å². The van der Waals surface area contributed by atoms with Crippen LogP contribution in [0.2, 0.25) is 5.02 Å². The lowest BCUT2D eigenvalue weighted by atomic mass is 9.82. The third kappa shape index (κ3) is 2.64. The Bertz CT molecular complexity index is 461. The molecule has 0 saturated carbocycles. The highest BCUT2D eigenvalue weighted by Crippen LogP contribution is 2.36. The zero-order valence-electron chi connectivity index (χ0n) is 10.9. The molecule has 1 N–H and O–H groups in total. The van der Waals surface area contributed by atoms with E-state index in [1.54, 1.807) is 12.1 Å². The van der Waals surface area contributed by atoms with Gasteiger partial charge in [0.1, 0.15) is 5.82 Å². The predicted octanol–water partition coefficient (Wildman–Crippen LogP) is 3.01. The molecule has 19 heavy (non-hydrogen) atoms. The van der Waals surface area contributed by atoms with Crippen molar-refractivity contribution in [2.45, 2.75) is 43.7 Å². The van der Waals surface area contributed by atoms with Gasteiger partial charge in [0.2, 0.25) is 0 Å². The summed E-state index contributed by atoms with van der Waals surface area (Å²) in [5.74, 6) is -0.310. The van der Waals surface area contributed by atoms with E-state index in [2.05, 4.69) is 4.90 Å². The summed E-state index contributed by atoms with van der Waals surface area (Å²) in [6.07, 6.45) is 4.11. The van der Waals surface area contributed by atoms with Gasteiger partial charge in [0, 0.05) is 29.6 Å². The molecule has 2 fully saturated rings.